The molecule has 0 atom stereocenters. The van der Waals surface area contributed by atoms with E-state index in [1.165, 1.54) is 0 Å². The van der Waals surface area contributed by atoms with Gasteiger partial charge in [-0.25, -0.2) is 0 Å². The number of aromatic amines is 1. The summed E-state index contributed by atoms with van der Waals surface area (Å²) < 4.78 is 40.5. The van der Waals surface area contributed by atoms with Crippen LogP contribution in [0.15, 0.2) is 18.2 Å². The number of H-pyrrole nitrogens is 1. The fourth-order valence-electron chi connectivity index (χ4n) is 2.76. The fraction of sp³-hybridized carbons (Fsp3) is 0.438. The standard InChI is InChI=1S/C16H17F3N6O3S/c17-16(18,19)9-1-4-11(12(7-9)25(27)28)20-6-5-14(26)21-8-13-22-23-15(29)24(13)10-2-3-10/h1,4,7,10,20H,2-3,5-6,8H2,(H,21,26)(H,23,29). The number of nitrogens with zero attached hydrogens (tertiary/aromatic N) is 3. The molecule has 2 aromatic rings. The van der Waals surface area contributed by atoms with Gasteiger partial charge in [0, 0.05) is 25.1 Å². The molecule has 0 saturated heterocycles. The van der Waals surface area contributed by atoms with Gasteiger partial charge in [-0.15, -0.1) is 0 Å². The van der Waals surface area contributed by atoms with Crippen LogP contribution in [-0.2, 0) is 17.5 Å². The molecular weight excluding hydrogens is 413 g/mol. The zero-order valence-electron chi connectivity index (χ0n) is 15.0. The molecule has 1 saturated carbocycles. The maximum atomic E-state index is 12.7. The summed E-state index contributed by atoms with van der Waals surface area (Å²) in [5, 5.41) is 23.1. The number of carbonyl (C=O) groups excluding carboxylic acids is 1. The zero-order valence-corrected chi connectivity index (χ0v) is 15.8. The average Bonchev–Trinajstić information content (AvgIpc) is 3.41. The highest BCUT2D eigenvalue weighted by atomic mass is 32.1. The van der Waals surface area contributed by atoms with E-state index in [0.717, 1.165) is 25.0 Å². The Morgan fingerprint density at radius 1 is 1.41 bits per heavy atom. The quantitative estimate of drug-likeness (QED) is 0.336. The van der Waals surface area contributed by atoms with Crippen LogP contribution < -0.4 is 10.6 Å². The fourth-order valence-corrected chi connectivity index (χ4v) is 3.06. The molecule has 1 amide bonds. The Morgan fingerprint density at radius 3 is 2.76 bits per heavy atom. The van der Waals surface area contributed by atoms with Crippen LogP contribution in [0.5, 0.6) is 0 Å². The minimum Gasteiger partial charge on any atom is -0.379 e. The first-order chi connectivity index (χ1) is 13.7. The van der Waals surface area contributed by atoms with Crippen molar-refractivity contribution in [1.82, 2.24) is 20.1 Å². The Bertz CT molecular complexity index is 983. The molecule has 9 nitrogen and oxygen atoms in total. The second kappa shape index (κ2) is 8.19. The number of hydrogen-bond acceptors (Lipinski definition) is 6. The number of carbonyl (C=O) groups is 1. The summed E-state index contributed by atoms with van der Waals surface area (Å²) in [6.45, 7) is 0.177. The summed E-state index contributed by atoms with van der Waals surface area (Å²) in [5.74, 6) is 0.264. The molecule has 3 N–H and O–H groups in total. The predicted molar refractivity (Wildman–Crippen MR) is 98.7 cm³/mol. The van der Waals surface area contributed by atoms with Gasteiger partial charge < -0.3 is 10.6 Å². The number of rotatable bonds is 8. The number of aromatic nitrogens is 3. The predicted octanol–water partition coefficient (Wildman–Crippen LogP) is 3.32. The molecule has 1 aromatic heterocycles. The van der Waals surface area contributed by atoms with Crippen LogP contribution >= 0.6 is 12.2 Å². The van der Waals surface area contributed by atoms with E-state index in [4.69, 9.17) is 12.2 Å². The molecule has 1 aliphatic carbocycles. The van der Waals surface area contributed by atoms with Gasteiger partial charge >= 0.3 is 6.18 Å². The highest BCUT2D eigenvalue weighted by molar-refractivity contribution is 7.71. The summed E-state index contributed by atoms with van der Waals surface area (Å²) in [4.78, 5) is 22.2. The highest BCUT2D eigenvalue weighted by Gasteiger charge is 2.33. The van der Waals surface area contributed by atoms with Gasteiger partial charge in [0.25, 0.3) is 5.69 Å². The largest absolute Gasteiger partial charge is 0.416 e. The first-order valence-corrected chi connectivity index (χ1v) is 9.09. The van der Waals surface area contributed by atoms with E-state index in [0.29, 0.717) is 22.7 Å². The van der Waals surface area contributed by atoms with Crippen molar-refractivity contribution in [1.29, 1.82) is 0 Å². The van der Waals surface area contributed by atoms with Crippen molar-refractivity contribution in [2.24, 2.45) is 0 Å². The molecule has 0 unspecified atom stereocenters. The molecule has 1 heterocycles. The summed E-state index contributed by atoms with van der Waals surface area (Å²) in [7, 11) is 0. The second-order valence-corrected chi connectivity index (χ2v) is 6.87. The van der Waals surface area contributed by atoms with E-state index in [-0.39, 0.29) is 31.1 Å². The van der Waals surface area contributed by atoms with E-state index in [1.54, 1.807) is 0 Å². The monoisotopic (exact) mass is 430 g/mol. The number of hydrogen-bond donors (Lipinski definition) is 3. The van der Waals surface area contributed by atoms with Crippen molar-refractivity contribution in [3.8, 4) is 0 Å². The summed E-state index contributed by atoms with van der Waals surface area (Å²) in [6.07, 6.45) is -2.71. The van der Waals surface area contributed by atoms with Gasteiger partial charge in [-0.1, -0.05) is 0 Å². The average molecular weight is 430 g/mol. The number of benzene rings is 1. The van der Waals surface area contributed by atoms with Crippen molar-refractivity contribution in [3.63, 3.8) is 0 Å². The van der Waals surface area contributed by atoms with Gasteiger partial charge in [-0.2, -0.15) is 18.3 Å². The van der Waals surface area contributed by atoms with Crippen molar-refractivity contribution in [3.05, 3.63) is 44.5 Å². The van der Waals surface area contributed by atoms with E-state index in [2.05, 4.69) is 20.8 Å². The Hall–Kier alpha value is -2.96. The number of anilines is 1. The summed E-state index contributed by atoms with van der Waals surface area (Å²) in [6, 6.07) is 2.49. The lowest BCUT2D eigenvalue weighted by molar-refractivity contribution is -0.384. The third-order valence-electron chi connectivity index (χ3n) is 4.32. The summed E-state index contributed by atoms with van der Waals surface area (Å²) in [5.41, 5.74) is -1.91. The maximum Gasteiger partial charge on any atom is 0.416 e. The lowest BCUT2D eigenvalue weighted by Crippen LogP contribution is -2.26. The molecule has 13 heteroatoms. The number of halogens is 3. The van der Waals surface area contributed by atoms with Crippen molar-refractivity contribution < 1.29 is 22.9 Å². The van der Waals surface area contributed by atoms with Crippen LogP contribution in [0, 0.1) is 14.9 Å². The number of alkyl halides is 3. The van der Waals surface area contributed by atoms with Crippen LogP contribution in [0.3, 0.4) is 0 Å². The molecule has 0 bridgehead atoms. The molecule has 0 spiro atoms. The van der Waals surface area contributed by atoms with Crippen LogP contribution in [0.25, 0.3) is 0 Å². The van der Waals surface area contributed by atoms with Crippen LogP contribution in [-0.4, -0.2) is 32.1 Å². The molecule has 1 fully saturated rings. The van der Waals surface area contributed by atoms with E-state index >= 15 is 0 Å². The van der Waals surface area contributed by atoms with Crippen molar-refractivity contribution in [2.75, 3.05) is 11.9 Å². The first-order valence-electron chi connectivity index (χ1n) is 8.69. The Labute approximate surface area is 167 Å². The van der Waals surface area contributed by atoms with Crippen LogP contribution in [0.2, 0.25) is 0 Å². The SMILES string of the molecule is O=C(CCNc1ccc(C(F)(F)F)cc1[N+](=O)[O-])NCc1n[nH]c(=S)n1C1CC1. The van der Waals surface area contributed by atoms with Crippen LogP contribution in [0.1, 0.15) is 36.7 Å². The molecule has 1 aromatic carbocycles. The van der Waals surface area contributed by atoms with Crippen molar-refractivity contribution >= 4 is 29.5 Å². The van der Waals surface area contributed by atoms with Gasteiger partial charge in [0.05, 0.1) is 17.0 Å². The number of nitro benzene ring substituents is 1. The van der Waals surface area contributed by atoms with E-state index < -0.39 is 22.4 Å². The lowest BCUT2D eigenvalue weighted by Gasteiger charge is -2.11. The first kappa shape index (κ1) is 20.8. The number of nitro groups is 1. The lowest BCUT2D eigenvalue weighted by atomic mass is 10.1. The zero-order chi connectivity index (χ0) is 21.2. The van der Waals surface area contributed by atoms with E-state index in [1.807, 2.05) is 4.57 Å². The summed E-state index contributed by atoms with van der Waals surface area (Å²) >= 11 is 5.16. The molecule has 156 valence electrons. The van der Waals surface area contributed by atoms with Crippen LogP contribution in [0.4, 0.5) is 24.5 Å². The Kier molecular flexibility index (Phi) is 5.86. The molecule has 1 aliphatic rings. The Balaban J connectivity index is 1.54. The van der Waals surface area contributed by atoms with Crippen molar-refractivity contribution in [2.45, 2.75) is 38.0 Å². The number of nitrogens with one attached hydrogen (secondary N) is 3. The second-order valence-electron chi connectivity index (χ2n) is 6.49. The van der Waals surface area contributed by atoms with Gasteiger partial charge in [0.1, 0.15) is 5.69 Å². The smallest absolute Gasteiger partial charge is 0.379 e. The highest BCUT2D eigenvalue weighted by Crippen LogP contribution is 2.36. The van der Waals surface area contributed by atoms with Gasteiger partial charge in [0.2, 0.25) is 5.91 Å². The van der Waals surface area contributed by atoms with E-state index in [9.17, 15) is 28.1 Å². The van der Waals surface area contributed by atoms with Gasteiger partial charge in [0.15, 0.2) is 10.6 Å². The normalized spacial score (nSPS) is 13.9. The minimum absolute atomic E-state index is 0.00746. The third kappa shape index (κ3) is 5.10. The molecule has 0 radical (unpaired) electrons. The minimum atomic E-state index is -4.68. The topological polar surface area (TPSA) is 118 Å². The van der Waals surface area contributed by atoms with Gasteiger partial charge in [-0.05, 0) is 37.2 Å². The van der Waals surface area contributed by atoms with Gasteiger partial charge in [-0.3, -0.25) is 24.6 Å². The third-order valence-corrected chi connectivity index (χ3v) is 4.61. The molecule has 0 aliphatic heterocycles. The molecule has 29 heavy (non-hydrogen) atoms. The molecule has 3 rings (SSSR count). The number of amides is 1. The molecular formula is C16H17F3N6O3S. The maximum absolute atomic E-state index is 12.7. The Morgan fingerprint density at radius 2 is 2.14 bits per heavy atom.